The van der Waals surface area contributed by atoms with Crippen LogP contribution in [0.15, 0.2) is 34.8 Å². The first-order chi connectivity index (χ1) is 23.4. The number of hydrogen-bond donors (Lipinski definition) is 6. The normalized spacial score (nSPS) is 23.2. The molecule has 280 valence electrons. The van der Waals surface area contributed by atoms with Crippen LogP contribution in [-0.4, -0.2) is 102 Å². The molecule has 0 bridgehead atoms. The van der Waals surface area contributed by atoms with E-state index in [2.05, 4.69) is 11.1 Å². The fourth-order valence-electron chi connectivity index (χ4n) is 7.41. The first-order valence-corrected chi connectivity index (χ1v) is 18.5. The van der Waals surface area contributed by atoms with Gasteiger partial charge < -0.3 is 31.1 Å². The van der Waals surface area contributed by atoms with Gasteiger partial charge in [0.15, 0.2) is 11.4 Å². The van der Waals surface area contributed by atoms with E-state index in [1.165, 1.54) is 55.9 Å². The lowest BCUT2D eigenvalue weighted by Gasteiger charge is -2.50. The summed E-state index contributed by atoms with van der Waals surface area (Å²) in [4.78, 5) is 42.0. The second-order valence-corrected chi connectivity index (χ2v) is 14.8. The summed E-state index contributed by atoms with van der Waals surface area (Å²) in [6.45, 7) is 2.31. The highest BCUT2D eigenvalue weighted by atomic mass is 32.3. The number of rotatable bonds is 15. The Labute approximate surface area is 294 Å². The van der Waals surface area contributed by atoms with Gasteiger partial charge in [0.1, 0.15) is 22.8 Å². The van der Waals surface area contributed by atoms with E-state index in [-0.39, 0.29) is 36.3 Å². The number of primary amides is 1. The molecule has 1 aromatic rings. The average Bonchev–Trinajstić information content (AvgIpc) is 3.01. The molecule has 0 saturated heterocycles. The fraction of sp³-hybridized carbons (Fsp3) is 0.629. The number of unbranched alkanes of at least 4 members (excludes halogenated alkanes) is 9. The third-order valence-corrected chi connectivity index (χ3v) is 10.3. The van der Waals surface area contributed by atoms with E-state index >= 15 is 0 Å². The van der Waals surface area contributed by atoms with Gasteiger partial charge >= 0.3 is 10.4 Å². The Morgan fingerprint density at radius 3 is 2.02 bits per heavy atom. The van der Waals surface area contributed by atoms with E-state index in [9.17, 15) is 43.2 Å². The van der Waals surface area contributed by atoms with Gasteiger partial charge in [-0.2, -0.15) is 8.42 Å². The molecule has 0 heterocycles. The zero-order valence-electron chi connectivity index (χ0n) is 29.6. The molecule has 0 saturated carbocycles. The second kappa shape index (κ2) is 17.1. The standard InChI is InChI=1S/C23H27N3O7.C12H26O4S/c1-25(2)12-5-6-13(27)15-10(12)7-9-8-11-17(26(3)4)19(29)16(22(24)32)21(31)23(11,33)20(30)14(9)18(15)28;1-2-3-4-5-6-7-8-9-10-11-12-16-17(13,14)15/h5-6,9,11,17,27,29-30,33H,7-8H2,1-4H3,(H2,24,32);2-12H2,1H3,(H,13,14,15)/t9-,11+,17-,23-;/m0./s1. The molecule has 0 radical (unpaired) electrons. The lowest BCUT2D eigenvalue weighted by molar-refractivity contribution is -0.148. The smallest absolute Gasteiger partial charge is 0.397 e. The third kappa shape index (κ3) is 8.86. The minimum absolute atomic E-state index is 0.00184. The SMILES string of the molecule is CCCCCCCCCCCCOS(=O)(=O)O.CN(C)c1ccc(O)c2c1C[C@H]1C[C@@H]3[C@H](N(C)C)C(O)=C(C(N)=O)C(=O)[C@@]3(O)C(O)=C1C2=O. The van der Waals surface area contributed by atoms with Crippen molar-refractivity contribution in [2.75, 3.05) is 39.7 Å². The van der Waals surface area contributed by atoms with Gasteiger partial charge in [0.2, 0.25) is 5.78 Å². The number of nitrogens with two attached hydrogens (primary N) is 1. The van der Waals surface area contributed by atoms with Crippen LogP contribution in [0.4, 0.5) is 5.69 Å². The number of allylic oxidation sites excluding steroid dienone is 1. The van der Waals surface area contributed by atoms with E-state index in [1.807, 2.05) is 0 Å². The number of aliphatic hydroxyl groups excluding tert-OH is 2. The fourth-order valence-corrected chi connectivity index (χ4v) is 7.74. The van der Waals surface area contributed by atoms with Crippen molar-refractivity contribution < 1.29 is 52.0 Å². The molecule has 1 amide bonds. The molecular formula is C35H53N3O11S. The van der Waals surface area contributed by atoms with Crippen LogP contribution in [0.1, 0.15) is 93.5 Å². The van der Waals surface area contributed by atoms with E-state index in [0.29, 0.717) is 12.0 Å². The number of hydrogen-bond acceptors (Lipinski definition) is 12. The monoisotopic (exact) mass is 723 g/mol. The first-order valence-electron chi connectivity index (χ1n) is 17.2. The molecule has 0 unspecified atom stereocenters. The third-order valence-electron chi connectivity index (χ3n) is 9.79. The average molecular weight is 724 g/mol. The molecule has 7 N–H and O–H groups in total. The van der Waals surface area contributed by atoms with E-state index in [0.717, 1.165) is 18.5 Å². The molecule has 4 rings (SSSR count). The molecular weight excluding hydrogens is 670 g/mol. The van der Waals surface area contributed by atoms with Crippen LogP contribution < -0.4 is 10.6 Å². The van der Waals surface area contributed by atoms with Crippen molar-refractivity contribution in [3.8, 4) is 5.75 Å². The Balaban J connectivity index is 0.000000338. The molecule has 1 aromatic carbocycles. The predicted molar refractivity (Wildman–Crippen MR) is 187 cm³/mol. The van der Waals surface area contributed by atoms with Gasteiger partial charge in [-0.25, -0.2) is 4.18 Å². The van der Waals surface area contributed by atoms with Crippen LogP contribution in [-0.2, 0) is 30.6 Å². The topological polar surface area (TPSA) is 228 Å². The molecule has 3 aliphatic carbocycles. The van der Waals surface area contributed by atoms with Crippen molar-refractivity contribution in [2.24, 2.45) is 17.6 Å². The van der Waals surface area contributed by atoms with Gasteiger partial charge in [-0.3, -0.25) is 23.8 Å². The number of amides is 1. The summed E-state index contributed by atoms with van der Waals surface area (Å²) in [7, 11) is 2.55. The van der Waals surface area contributed by atoms with Gasteiger partial charge in [0.05, 0.1) is 18.2 Å². The molecule has 15 heteroatoms. The Kier molecular flexibility index (Phi) is 14.0. The van der Waals surface area contributed by atoms with Crippen molar-refractivity contribution >= 4 is 33.6 Å². The summed E-state index contributed by atoms with van der Waals surface area (Å²) >= 11 is 0. The number of benzene rings is 1. The number of aromatic hydroxyl groups is 1. The quantitative estimate of drug-likeness (QED) is 0.0858. The molecule has 0 fully saturated rings. The number of carbonyl (C=O) groups excluding carboxylic acids is 3. The maximum Gasteiger partial charge on any atom is 0.397 e. The molecule has 0 spiro atoms. The minimum Gasteiger partial charge on any atom is -0.510 e. The van der Waals surface area contributed by atoms with Crippen molar-refractivity contribution in [3.05, 3.63) is 45.9 Å². The van der Waals surface area contributed by atoms with Gasteiger partial charge in [0.25, 0.3) is 5.91 Å². The van der Waals surface area contributed by atoms with E-state index in [4.69, 9.17) is 10.3 Å². The summed E-state index contributed by atoms with van der Waals surface area (Å²) in [6.07, 6.45) is 12.2. The maximum atomic E-state index is 13.5. The Bertz CT molecular complexity index is 1600. The number of phenols is 1. The van der Waals surface area contributed by atoms with Crippen molar-refractivity contribution in [2.45, 2.75) is 95.6 Å². The van der Waals surface area contributed by atoms with Crippen LogP contribution in [0.3, 0.4) is 0 Å². The van der Waals surface area contributed by atoms with Crippen LogP contribution in [0.25, 0.3) is 0 Å². The van der Waals surface area contributed by atoms with E-state index in [1.54, 1.807) is 39.2 Å². The molecule has 50 heavy (non-hydrogen) atoms. The number of aliphatic hydroxyl groups is 3. The Morgan fingerprint density at radius 2 is 1.52 bits per heavy atom. The summed E-state index contributed by atoms with van der Waals surface area (Å²) < 4.78 is 33.0. The summed E-state index contributed by atoms with van der Waals surface area (Å²) in [6, 6.07) is 2.06. The lowest BCUT2D eigenvalue weighted by Crippen LogP contribution is -2.63. The number of anilines is 1. The van der Waals surface area contributed by atoms with Crippen molar-refractivity contribution in [1.29, 1.82) is 0 Å². The molecule has 0 aliphatic heterocycles. The summed E-state index contributed by atoms with van der Waals surface area (Å²) in [5.41, 5.74) is 3.02. The van der Waals surface area contributed by atoms with Gasteiger partial charge in [-0.05, 0) is 57.0 Å². The zero-order valence-corrected chi connectivity index (χ0v) is 30.5. The molecule has 3 aliphatic rings. The number of nitrogens with zero attached hydrogens (tertiary/aromatic N) is 2. The second-order valence-electron chi connectivity index (χ2n) is 13.7. The summed E-state index contributed by atoms with van der Waals surface area (Å²) in [5.74, 6) is -6.53. The largest absolute Gasteiger partial charge is 0.510 e. The number of fused-ring (bicyclic) bond motifs is 3. The number of phenolic OH excluding ortho intramolecular Hbond substituents is 1. The van der Waals surface area contributed by atoms with Gasteiger partial charge in [-0.1, -0.05) is 64.7 Å². The predicted octanol–water partition coefficient (Wildman–Crippen LogP) is 3.91. The van der Waals surface area contributed by atoms with Crippen LogP contribution in [0, 0.1) is 11.8 Å². The maximum absolute atomic E-state index is 13.5. The van der Waals surface area contributed by atoms with Crippen LogP contribution in [0.5, 0.6) is 5.75 Å². The van der Waals surface area contributed by atoms with Crippen molar-refractivity contribution in [3.63, 3.8) is 0 Å². The first kappa shape index (κ1) is 40.9. The number of Topliss-reactive ketones (excluding diaryl/α,β-unsaturated/α-hetero) is 2. The van der Waals surface area contributed by atoms with Gasteiger partial charge in [0, 0.05) is 31.3 Å². The van der Waals surface area contributed by atoms with Crippen molar-refractivity contribution in [1.82, 2.24) is 4.90 Å². The zero-order chi connectivity index (χ0) is 37.6. The van der Waals surface area contributed by atoms with Crippen LogP contribution in [0.2, 0.25) is 0 Å². The lowest BCUT2D eigenvalue weighted by atomic mass is 9.58. The minimum atomic E-state index is -4.23. The van der Waals surface area contributed by atoms with E-state index < -0.39 is 68.4 Å². The van der Waals surface area contributed by atoms with Gasteiger partial charge in [-0.15, -0.1) is 0 Å². The highest BCUT2D eigenvalue weighted by Crippen LogP contribution is 2.53. The summed E-state index contributed by atoms with van der Waals surface area (Å²) in [5, 5.41) is 43.9. The highest BCUT2D eigenvalue weighted by Gasteiger charge is 2.63. The number of carbonyl (C=O) groups is 3. The number of ketones is 2. The Hall–Kier alpha value is -3.50. The molecule has 4 atom stereocenters. The molecule has 14 nitrogen and oxygen atoms in total. The Morgan fingerprint density at radius 1 is 0.960 bits per heavy atom. The highest BCUT2D eigenvalue weighted by molar-refractivity contribution is 7.80. The molecule has 0 aromatic heterocycles. The van der Waals surface area contributed by atoms with Crippen LogP contribution >= 0.6 is 0 Å². The number of likely N-dealkylation sites (N-methyl/N-ethyl adjacent to an activating group) is 1.